The minimum absolute atomic E-state index is 0.0127. The van der Waals surface area contributed by atoms with Crippen molar-refractivity contribution < 1.29 is 50.2 Å². The van der Waals surface area contributed by atoms with Crippen LogP contribution in [0.1, 0.15) is 20.7 Å². The fraction of sp³-hybridized carbons (Fsp3) is 0.250. The van der Waals surface area contributed by atoms with Crippen LogP contribution < -0.4 is 0 Å². The zero-order valence-corrected chi connectivity index (χ0v) is 19.5. The zero-order valence-electron chi connectivity index (χ0n) is 18.7. The third-order valence-corrected chi connectivity index (χ3v) is 5.51. The lowest BCUT2D eigenvalue weighted by Gasteiger charge is -2.23. The number of ether oxygens (including phenoxy) is 3. The average Bonchev–Trinajstić information content (AvgIpc) is 3.09. The van der Waals surface area contributed by atoms with Crippen molar-refractivity contribution in [1.82, 2.24) is 0 Å². The number of hydrogen-bond donors (Lipinski definition) is 0. The van der Waals surface area contributed by atoms with Gasteiger partial charge < -0.3 is 14.2 Å². The third-order valence-electron chi connectivity index (χ3n) is 5.19. The van der Waals surface area contributed by atoms with Gasteiger partial charge in [0.25, 0.3) is 16.4 Å². The summed E-state index contributed by atoms with van der Waals surface area (Å²) >= 11 is 0. The maximum absolute atomic E-state index is 15.1. The van der Waals surface area contributed by atoms with E-state index < -0.39 is 53.1 Å². The van der Waals surface area contributed by atoms with E-state index >= 15 is 8.78 Å². The first-order valence-corrected chi connectivity index (χ1v) is 12.4. The van der Waals surface area contributed by atoms with Crippen LogP contribution in [0.4, 0.5) is 8.78 Å². The lowest BCUT2D eigenvalue weighted by Crippen LogP contribution is -2.45. The van der Waals surface area contributed by atoms with Crippen LogP contribution in [0.3, 0.4) is 0 Å². The maximum Gasteiger partial charge on any atom is 0.339 e. The molecule has 0 aromatic heterocycles. The number of alkyl halides is 2. The van der Waals surface area contributed by atoms with Gasteiger partial charge in [0.15, 0.2) is 0 Å². The van der Waals surface area contributed by atoms with Crippen molar-refractivity contribution >= 4 is 32.8 Å². The van der Waals surface area contributed by atoms with E-state index in [1.807, 2.05) is 6.07 Å². The molecule has 1 unspecified atom stereocenters. The maximum atomic E-state index is 15.1. The van der Waals surface area contributed by atoms with Crippen molar-refractivity contribution in [2.45, 2.75) is 24.4 Å². The molecule has 3 aromatic carbocycles. The minimum atomic E-state index is -4.27. The van der Waals surface area contributed by atoms with Gasteiger partial charge in [0.1, 0.15) is 12.7 Å². The Morgan fingerprint density at radius 2 is 1.58 bits per heavy atom. The molecule has 1 heterocycles. The molecular formula is C24H20F2O9S. The number of esters is 2. The Morgan fingerprint density at radius 1 is 0.917 bits per heavy atom. The summed E-state index contributed by atoms with van der Waals surface area (Å²) in [4.78, 5) is 29.3. The number of fused-ring (bicyclic) bond motifs is 1. The van der Waals surface area contributed by atoms with Gasteiger partial charge in [-0.2, -0.15) is 22.1 Å². The van der Waals surface area contributed by atoms with Gasteiger partial charge in [-0.1, -0.05) is 48.5 Å². The first-order valence-electron chi connectivity index (χ1n) is 10.5. The molecule has 0 radical (unpaired) electrons. The highest BCUT2D eigenvalue weighted by atomic mass is 32.2. The van der Waals surface area contributed by atoms with Crippen LogP contribution in [0.25, 0.3) is 10.8 Å². The van der Waals surface area contributed by atoms with Crippen molar-refractivity contribution in [3.8, 4) is 0 Å². The Morgan fingerprint density at radius 3 is 2.28 bits per heavy atom. The number of benzene rings is 3. The smallest absolute Gasteiger partial charge is 0.339 e. The number of halogens is 2. The number of carbonyl (C=O) groups excluding carboxylic acids is 2. The first kappa shape index (κ1) is 25.6. The number of carbonyl (C=O) groups is 2. The van der Waals surface area contributed by atoms with Gasteiger partial charge >= 0.3 is 17.9 Å². The Kier molecular flexibility index (Phi) is 7.31. The van der Waals surface area contributed by atoms with E-state index in [0.717, 1.165) is 5.39 Å². The average molecular weight is 522 g/mol. The monoisotopic (exact) mass is 522 g/mol. The Hall–Kier alpha value is -3.45. The van der Waals surface area contributed by atoms with Gasteiger partial charge in [0.05, 0.1) is 17.4 Å². The van der Waals surface area contributed by atoms with Crippen LogP contribution in [-0.4, -0.2) is 57.6 Å². The van der Waals surface area contributed by atoms with Crippen LogP contribution in [-0.2, 0) is 33.6 Å². The molecule has 36 heavy (non-hydrogen) atoms. The highest BCUT2D eigenvalue weighted by molar-refractivity contribution is 7.85. The summed E-state index contributed by atoms with van der Waals surface area (Å²) in [7, 11) is -4.27. The topological polar surface area (TPSA) is 114 Å². The number of hydrogen-bond acceptors (Lipinski definition) is 9. The second-order valence-corrected chi connectivity index (χ2v) is 9.45. The van der Waals surface area contributed by atoms with Gasteiger partial charge in [0.2, 0.25) is 6.10 Å². The molecule has 3 atom stereocenters. The van der Waals surface area contributed by atoms with Gasteiger partial charge in [-0.05, 0) is 35.0 Å². The second kappa shape index (κ2) is 10.3. The SMILES string of the molecule is CS(=O)(=O)OOC1O[C@H](COC(=O)c2ccccc2)[C@@H](OC(=O)c2ccc3ccccc3c2)C1(F)F. The highest BCUT2D eigenvalue weighted by Gasteiger charge is 2.63. The van der Waals surface area contributed by atoms with Gasteiger partial charge in [-0.25, -0.2) is 9.59 Å². The third kappa shape index (κ3) is 5.85. The molecule has 0 spiro atoms. The fourth-order valence-corrected chi connectivity index (χ4v) is 3.71. The summed E-state index contributed by atoms with van der Waals surface area (Å²) in [5.41, 5.74) is 0.140. The highest BCUT2D eigenvalue weighted by Crippen LogP contribution is 2.40. The van der Waals surface area contributed by atoms with E-state index in [4.69, 9.17) is 14.2 Å². The van der Waals surface area contributed by atoms with Crippen LogP contribution in [0.2, 0.25) is 0 Å². The fourth-order valence-electron chi connectivity index (χ4n) is 3.49. The van der Waals surface area contributed by atoms with E-state index in [9.17, 15) is 18.0 Å². The lowest BCUT2D eigenvalue weighted by atomic mass is 10.1. The lowest BCUT2D eigenvalue weighted by molar-refractivity contribution is -0.353. The van der Waals surface area contributed by atoms with Gasteiger partial charge in [0, 0.05) is 0 Å². The summed E-state index contributed by atoms with van der Waals surface area (Å²) in [6.07, 6.45) is -5.99. The van der Waals surface area contributed by atoms with Crippen LogP contribution in [0.5, 0.6) is 0 Å². The molecular weight excluding hydrogens is 502 g/mol. The molecule has 1 aliphatic rings. The van der Waals surface area contributed by atoms with Crippen molar-refractivity contribution in [1.29, 1.82) is 0 Å². The zero-order chi connectivity index (χ0) is 25.9. The Labute approximate surface area is 204 Å². The van der Waals surface area contributed by atoms with E-state index in [-0.39, 0.29) is 11.1 Å². The molecule has 3 aromatic rings. The molecule has 9 nitrogen and oxygen atoms in total. The molecule has 12 heteroatoms. The van der Waals surface area contributed by atoms with Gasteiger partial charge in [-0.3, -0.25) is 0 Å². The largest absolute Gasteiger partial charge is 0.459 e. The molecule has 1 fully saturated rings. The van der Waals surface area contributed by atoms with E-state index in [1.165, 1.54) is 24.3 Å². The predicted octanol–water partition coefficient (Wildman–Crippen LogP) is 3.49. The summed E-state index contributed by atoms with van der Waals surface area (Å²) in [5, 5.41) is 1.50. The molecule has 4 rings (SSSR count). The molecule has 1 saturated heterocycles. The normalized spacial score (nSPS) is 21.2. The number of rotatable bonds is 8. The minimum Gasteiger partial charge on any atom is -0.459 e. The summed E-state index contributed by atoms with van der Waals surface area (Å²) in [6.45, 7) is -0.752. The Bertz CT molecular complexity index is 1360. The second-order valence-electron chi connectivity index (χ2n) is 7.90. The predicted molar refractivity (Wildman–Crippen MR) is 120 cm³/mol. The van der Waals surface area contributed by atoms with Crippen LogP contribution in [0, 0.1) is 0 Å². The standard InChI is InChI=1S/C24H20F2O9S/c1-36(29,30)35-34-23-24(25,26)20(19(32-23)14-31-21(27)16-8-3-2-4-9-16)33-22(28)18-12-11-15-7-5-6-10-17(15)13-18/h2-13,19-20,23H,14H2,1H3/t19-,20-,23?/m1/s1. The van der Waals surface area contributed by atoms with Crippen molar-refractivity contribution in [2.24, 2.45) is 0 Å². The quantitative estimate of drug-likeness (QED) is 0.249. The van der Waals surface area contributed by atoms with Crippen LogP contribution >= 0.6 is 0 Å². The van der Waals surface area contributed by atoms with E-state index in [2.05, 4.69) is 9.22 Å². The van der Waals surface area contributed by atoms with Crippen molar-refractivity contribution in [3.05, 3.63) is 83.9 Å². The summed E-state index contributed by atoms with van der Waals surface area (Å²) in [5.74, 6) is -6.00. The van der Waals surface area contributed by atoms with Crippen molar-refractivity contribution in [2.75, 3.05) is 12.9 Å². The molecule has 0 aliphatic carbocycles. The molecule has 0 bridgehead atoms. The van der Waals surface area contributed by atoms with Crippen LogP contribution in [0.15, 0.2) is 72.8 Å². The summed E-state index contributed by atoms with van der Waals surface area (Å²) < 4.78 is 71.9. The molecule has 0 saturated carbocycles. The molecule has 0 amide bonds. The molecule has 0 N–H and O–H groups in total. The molecule has 1 aliphatic heterocycles. The Balaban J connectivity index is 1.54. The summed E-state index contributed by atoms with van der Waals surface area (Å²) in [6, 6.07) is 19.3. The van der Waals surface area contributed by atoms with E-state index in [1.54, 1.807) is 42.5 Å². The van der Waals surface area contributed by atoms with Crippen molar-refractivity contribution in [3.63, 3.8) is 0 Å². The molecule has 190 valence electrons. The van der Waals surface area contributed by atoms with E-state index in [0.29, 0.717) is 11.6 Å². The first-order chi connectivity index (χ1) is 17.0. The van der Waals surface area contributed by atoms with Gasteiger partial charge in [-0.15, -0.1) is 4.33 Å².